The van der Waals surface area contributed by atoms with Crippen LogP contribution in [0.15, 0.2) is 18.3 Å². The van der Waals surface area contributed by atoms with Gasteiger partial charge < -0.3 is 10.1 Å². The Labute approximate surface area is 106 Å². The van der Waals surface area contributed by atoms with Gasteiger partial charge in [0.05, 0.1) is 5.02 Å². The summed E-state index contributed by atoms with van der Waals surface area (Å²) in [5.74, 6) is 0.131. The molecule has 17 heavy (non-hydrogen) atoms. The van der Waals surface area contributed by atoms with Crippen LogP contribution in [0.25, 0.3) is 0 Å². The molecule has 1 N–H and O–H groups in total. The number of rotatable bonds is 6. The largest absolute Gasteiger partial charge is 0.369 e. The van der Waals surface area contributed by atoms with Crippen LogP contribution in [0, 0.1) is 0 Å². The Morgan fingerprint density at radius 3 is 3.06 bits per heavy atom. The molecular formula is C12H17ClN2O2. The smallest absolute Gasteiger partial charge is 0.254 e. The fourth-order valence-corrected chi connectivity index (χ4v) is 1.34. The molecule has 94 valence electrons. The maximum absolute atomic E-state index is 11.7. The molecular weight excluding hydrogens is 240 g/mol. The van der Waals surface area contributed by atoms with Crippen LogP contribution in [-0.2, 0) is 9.53 Å². The van der Waals surface area contributed by atoms with Gasteiger partial charge in [-0.25, -0.2) is 4.98 Å². The Bertz CT molecular complexity index is 371. The molecule has 0 aromatic carbocycles. The molecule has 1 rings (SSSR count). The van der Waals surface area contributed by atoms with E-state index in [2.05, 4.69) is 17.2 Å². The number of carbonyl (C=O) groups excluding carboxylic acids is 1. The van der Waals surface area contributed by atoms with Crippen LogP contribution in [0.3, 0.4) is 0 Å². The topological polar surface area (TPSA) is 51.2 Å². The first-order valence-electron chi connectivity index (χ1n) is 5.68. The molecule has 0 aliphatic heterocycles. The van der Waals surface area contributed by atoms with Crippen LogP contribution >= 0.6 is 11.6 Å². The third-order valence-electron chi connectivity index (χ3n) is 2.24. The number of pyridine rings is 1. The zero-order chi connectivity index (χ0) is 12.7. The van der Waals surface area contributed by atoms with Crippen LogP contribution < -0.4 is 5.32 Å². The second-order valence-electron chi connectivity index (χ2n) is 3.69. The van der Waals surface area contributed by atoms with Crippen molar-refractivity contribution in [2.45, 2.75) is 32.8 Å². The normalized spacial score (nSPS) is 12.2. The molecule has 1 aromatic heterocycles. The highest BCUT2D eigenvalue weighted by atomic mass is 35.5. The molecule has 0 bridgehead atoms. The van der Waals surface area contributed by atoms with Gasteiger partial charge in [-0.3, -0.25) is 4.79 Å². The minimum Gasteiger partial charge on any atom is -0.369 e. The minimum absolute atomic E-state index is 0.235. The number of ether oxygens (including phenoxy) is 1. The summed E-state index contributed by atoms with van der Waals surface area (Å²) < 4.78 is 5.37. The maximum atomic E-state index is 11.7. The van der Waals surface area contributed by atoms with Gasteiger partial charge in [-0.1, -0.05) is 24.9 Å². The Kier molecular flexibility index (Phi) is 5.94. The van der Waals surface area contributed by atoms with Gasteiger partial charge in [0.15, 0.2) is 5.82 Å². The van der Waals surface area contributed by atoms with Crippen molar-refractivity contribution in [3.05, 3.63) is 23.4 Å². The molecule has 1 amide bonds. The molecule has 0 saturated carbocycles. The number of hydrogen-bond donors (Lipinski definition) is 1. The number of aromatic nitrogens is 1. The zero-order valence-electron chi connectivity index (χ0n) is 10.1. The molecule has 5 heteroatoms. The summed E-state index contributed by atoms with van der Waals surface area (Å²) in [6.45, 7) is 4.37. The fraction of sp³-hybridized carbons (Fsp3) is 0.500. The predicted octanol–water partition coefficient (Wildman–Crippen LogP) is 2.88. The average Bonchev–Trinajstić information content (AvgIpc) is 2.32. The third kappa shape index (κ3) is 4.71. The zero-order valence-corrected chi connectivity index (χ0v) is 10.8. The fourth-order valence-electron chi connectivity index (χ4n) is 1.18. The number of amides is 1. The Hall–Kier alpha value is -1.13. The summed E-state index contributed by atoms with van der Waals surface area (Å²) in [7, 11) is 0. The van der Waals surface area contributed by atoms with Crippen molar-refractivity contribution >= 4 is 23.3 Å². The number of carbonyl (C=O) groups is 1. The number of nitrogens with one attached hydrogen (secondary N) is 1. The highest BCUT2D eigenvalue weighted by molar-refractivity contribution is 6.33. The van der Waals surface area contributed by atoms with E-state index in [4.69, 9.17) is 16.3 Å². The van der Waals surface area contributed by atoms with Gasteiger partial charge in [0.2, 0.25) is 0 Å². The summed E-state index contributed by atoms with van der Waals surface area (Å²) in [5.41, 5.74) is 0. The van der Waals surface area contributed by atoms with Crippen molar-refractivity contribution in [1.82, 2.24) is 4.98 Å². The van der Waals surface area contributed by atoms with Crippen LogP contribution in [0.2, 0.25) is 5.02 Å². The lowest BCUT2D eigenvalue weighted by molar-refractivity contribution is -0.126. The van der Waals surface area contributed by atoms with Crippen LogP contribution in [0.5, 0.6) is 0 Å². The second kappa shape index (κ2) is 7.25. The Morgan fingerprint density at radius 1 is 1.65 bits per heavy atom. The van der Waals surface area contributed by atoms with Gasteiger partial charge in [0, 0.05) is 12.8 Å². The van der Waals surface area contributed by atoms with Gasteiger partial charge in [-0.15, -0.1) is 0 Å². The molecule has 0 aliphatic rings. The van der Waals surface area contributed by atoms with Gasteiger partial charge >= 0.3 is 0 Å². The van der Waals surface area contributed by atoms with Crippen molar-refractivity contribution in [3.8, 4) is 0 Å². The molecule has 1 aromatic rings. The first-order chi connectivity index (χ1) is 8.15. The van der Waals surface area contributed by atoms with Crippen LogP contribution in [0.1, 0.15) is 26.7 Å². The van der Waals surface area contributed by atoms with E-state index >= 15 is 0 Å². The molecule has 0 fully saturated rings. The van der Waals surface area contributed by atoms with Crippen molar-refractivity contribution in [2.24, 2.45) is 0 Å². The lowest BCUT2D eigenvalue weighted by atomic mass is 10.3. The van der Waals surface area contributed by atoms with E-state index in [0.29, 0.717) is 17.4 Å². The van der Waals surface area contributed by atoms with Crippen molar-refractivity contribution in [2.75, 3.05) is 11.9 Å². The monoisotopic (exact) mass is 256 g/mol. The summed E-state index contributed by atoms with van der Waals surface area (Å²) in [6, 6.07) is 3.38. The highest BCUT2D eigenvalue weighted by Gasteiger charge is 2.14. The lowest BCUT2D eigenvalue weighted by Crippen LogP contribution is -2.28. The molecule has 1 heterocycles. The standard InChI is InChI=1S/C12H17ClN2O2/c1-3-4-8-17-9(2)12(16)15-11-10(13)6-5-7-14-11/h5-7,9H,3-4,8H2,1-2H3,(H,14,15,16)/t9-/m1/s1. The predicted molar refractivity (Wildman–Crippen MR) is 68.2 cm³/mol. The average molecular weight is 257 g/mol. The first kappa shape index (κ1) is 13.9. The minimum atomic E-state index is -0.500. The SMILES string of the molecule is CCCCO[C@H](C)C(=O)Nc1ncccc1Cl. The number of anilines is 1. The van der Waals surface area contributed by atoms with Gasteiger partial charge in [-0.05, 0) is 25.5 Å². The van der Waals surface area contributed by atoms with Crippen LogP contribution in [-0.4, -0.2) is 23.6 Å². The first-order valence-corrected chi connectivity index (χ1v) is 6.06. The van der Waals surface area contributed by atoms with Gasteiger partial charge in [0.1, 0.15) is 6.10 Å². The van der Waals surface area contributed by atoms with Gasteiger partial charge in [0.25, 0.3) is 5.91 Å². The number of hydrogen-bond acceptors (Lipinski definition) is 3. The van der Waals surface area contributed by atoms with E-state index in [9.17, 15) is 4.79 Å². The van der Waals surface area contributed by atoms with Crippen molar-refractivity contribution in [3.63, 3.8) is 0 Å². The number of halogens is 1. The third-order valence-corrected chi connectivity index (χ3v) is 2.54. The van der Waals surface area contributed by atoms with E-state index in [0.717, 1.165) is 12.8 Å². The summed E-state index contributed by atoms with van der Waals surface area (Å²) >= 11 is 5.88. The Morgan fingerprint density at radius 2 is 2.41 bits per heavy atom. The summed E-state index contributed by atoms with van der Waals surface area (Å²) in [5, 5.41) is 3.05. The maximum Gasteiger partial charge on any atom is 0.254 e. The number of nitrogens with zero attached hydrogens (tertiary/aromatic N) is 1. The summed E-state index contributed by atoms with van der Waals surface area (Å²) in [6.07, 6.45) is 3.06. The Balaban J connectivity index is 2.46. The van der Waals surface area contributed by atoms with Crippen LogP contribution in [0.4, 0.5) is 5.82 Å². The van der Waals surface area contributed by atoms with E-state index in [1.54, 1.807) is 25.3 Å². The van der Waals surface area contributed by atoms with E-state index in [-0.39, 0.29) is 5.91 Å². The summed E-state index contributed by atoms with van der Waals surface area (Å²) in [4.78, 5) is 15.7. The van der Waals surface area contributed by atoms with E-state index < -0.39 is 6.10 Å². The molecule has 0 spiro atoms. The molecule has 1 atom stereocenters. The molecule has 4 nitrogen and oxygen atoms in total. The molecule has 0 unspecified atom stereocenters. The molecule has 0 aliphatic carbocycles. The van der Waals surface area contributed by atoms with E-state index in [1.807, 2.05) is 0 Å². The van der Waals surface area contributed by atoms with E-state index in [1.165, 1.54) is 0 Å². The highest BCUT2D eigenvalue weighted by Crippen LogP contribution is 2.17. The van der Waals surface area contributed by atoms with Crippen molar-refractivity contribution in [1.29, 1.82) is 0 Å². The van der Waals surface area contributed by atoms with Gasteiger partial charge in [-0.2, -0.15) is 0 Å². The number of unbranched alkanes of at least 4 members (excludes halogenated alkanes) is 1. The molecule has 0 saturated heterocycles. The quantitative estimate of drug-likeness (QED) is 0.797. The van der Waals surface area contributed by atoms with Crippen molar-refractivity contribution < 1.29 is 9.53 Å². The molecule has 0 radical (unpaired) electrons. The lowest BCUT2D eigenvalue weighted by Gasteiger charge is -2.13. The second-order valence-corrected chi connectivity index (χ2v) is 4.10.